The zero-order valence-corrected chi connectivity index (χ0v) is 15.8. The van der Waals surface area contributed by atoms with Crippen molar-refractivity contribution in [3.8, 4) is 11.5 Å². The maximum Gasteiger partial charge on any atom is 0.321 e. The third kappa shape index (κ3) is 3.85. The van der Waals surface area contributed by atoms with Crippen molar-refractivity contribution in [3.63, 3.8) is 0 Å². The highest BCUT2D eigenvalue weighted by Gasteiger charge is 2.23. The second kappa shape index (κ2) is 7.48. The number of piperazine rings is 1. The average Bonchev–Trinajstić information content (AvgIpc) is 3.07. The van der Waals surface area contributed by atoms with Gasteiger partial charge in [-0.05, 0) is 18.6 Å². The van der Waals surface area contributed by atoms with E-state index in [0.717, 1.165) is 42.5 Å². The number of ether oxygens (including phenoxy) is 2. The first-order valence-electron chi connectivity index (χ1n) is 9.25. The van der Waals surface area contributed by atoms with Gasteiger partial charge in [-0.3, -0.25) is 4.90 Å². The Morgan fingerprint density at radius 2 is 1.85 bits per heavy atom. The van der Waals surface area contributed by atoms with E-state index in [1.165, 1.54) is 0 Å². The van der Waals surface area contributed by atoms with Crippen LogP contribution in [-0.2, 0) is 13.6 Å². The fourth-order valence-corrected chi connectivity index (χ4v) is 3.38. The van der Waals surface area contributed by atoms with Crippen LogP contribution < -0.4 is 14.8 Å². The molecule has 2 aromatic rings. The van der Waals surface area contributed by atoms with Crippen LogP contribution in [0.25, 0.3) is 0 Å². The minimum Gasteiger partial charge on any atom is -0.486 e. The largest absolute Gasteiger partial charge is 0.486 e. The van der Waals surface area contributed by atoms with Crippen LogP contribution in [0.3, 0.4) is 0 Å². The van der Waals surface area contributed by atoms with E-state index in [1.807, 2.05) is 48.0 Å². The first kappa shape index (κ1) is 17.7. The van der Waals surface area contributed by atoms with E-state index in [-0.39, 0.29) is 6.03 Å². The van der Waals surface area contributed by atoms with E-state index in [1.54, 1.807) is 0 Å². The van der Waals surface area contributed by atoms with Crippen LogP contribution in [0.2, 0.25) is 0 Å². The Labute approximate surface area is 158 Å². The first-order chi connectivity index (χ1) is 13.1. The molecule has 0 bridgehead atoms. The van der Waals surface area contributed by atoms with Gasteiger partial charge in [-0.15, -0.1) is 0 Å². The number of nitrogens with zero attached hydrogens (tertiary/aromatic N) is 4. The summed E-state index contributed by atoms with van der Waals surface area (Å²) in [5.41, 5.74) is 1.72. The molecule has 4 rings (SSSR count). The van der Waals surface area contributed by atoms with Gasteiger partial charge in [0.15, 0.2) is 11.5 Å². The molecule has 144 valence electrons. The maximum atomic E-state index is 12.7. The number of hydrogen-bond acceptors (Lipinski definition) is 5. The van der Waals surface area contributed by atoms with Crippen molar-refractivity contribution in [2.45, 2.75) is 13.5 Å². The summed E-state index contributed by atoms with van der Waals surface area (Å²) < 4.78 is 13.2. The van der Waals surface area contributed by atoms with Gasteiger partial charge >= 0.3 is 6.03 Å². The summed E-state index contributed by atoms with van der Waals surface area (Å²) in [5.74, 6) is 2.46. The Kier molecular flexibility index (Phi) is 4.89. The molecule has 0 atom stereocenters. The number of benzene rings is 1. The zero-order chi connectivity index (χ0) is 18.8. The van der Waals surface area contributed by atoms with E-state index in [0.29, 0.717) is 32.1 Å². The smallest absolute Gasteiger partial charge is 0.321 e. The Hall–Kier alpha value is -2.74. The fraction of sp³-hybridized carbons (Fsp3) is 0.474. The molecule has 0 saturated carbocycles. The predicted molar refractivity (Wildman–Crippen MR) is 101 cm³/mol. The topological polar surface area (TPSA) is 71.9 Å². The van der Waals surface area contributed by atoms with Crippen LogP contribution in [0.4, 0.5) is 10.5 Å². The molecule has 1 saturated heterocycles. The lowest BCUT2D eigenvalue weighted by atomic mass is 10.1. The highest BCUT2D eigenvalue weighted by Crippen LogP contribution is 2.35. The second-order valence-electron chi connectivity index (χ2n) is 6.96. The van der Waals surface area contributed by atoms with Gasteiger partial charge in [0.05, 0.1) is 6.54 Å². The number of hydrogen-bond donors (Lipinski definition) is 1. The molecule has 2 aliphatic rings. The molecule has 3 heterocycles. The Morgan fingerprint density at radius 1 is 1.15 bits per heavy atom. The number of aromatic nitrogens is 2. The quantitative estimate of drug-likeness (QED) is 0.892. The molecule has 1 aromatic heterocycles. The molecule has 2 amide bonds. The molecule has 8 nitrogen and oxygen atoms in total. The monoisotopic (exact) mass is 371 g/mol. The molecule has 8 heteroatoms. The number of urea groups is 1. The summed E-state index contributed by atoms with van der Waals surface area (Å²) in [7, 11) is 2.00. The minimum absolute atomic E-state index is 0.0774. The third-order valence-electron chi connectivity index (χ3n) is 5.08. The van der Waals surface area contributed by atoms with Crippen LogP contribution in [0.15, 0.2) is 24.5 Å². The summed E-state index contributed by atoms with van der Waals surface area (Å²) in [5, 5.41) is 3.02. The Morgan fingerprint density at radius 3 is 2.52 bits per heavy atom. The van der Waals surface area contributed by atoms with Gasteiger partial charge in [0, 0.05) is 57.4 Å². The van der Waals surface area contributed by atoms with Crippen molar-refractivity contribution in [3.05, 3.63) is 35.9 Å². The highest BCUT2D eigenvalue weighted by atomic mass is 16.6. The lowest BCUT2D eigenvalue weighted by molar-refractivity contribution is 0.140. The van der Waals surface area contributed by atoms with Crippen LogP contribution >= 0.6 is 0 Å². The van der Waals surface area contributed by atoms with Crippen molar-refractivity contribution >= 4 is 11.7 Å². The molecule has 0 radical (unpaired) electrons. The SMILES string of the molecule is Cc1cc2c(cc1NC(=O)N1CCN(Cc3nccn3C)CC1)OCCO2. The van der Waals surface area contributed by atoms with Crippen LogP contribution in [0, 0.1) is 6.92 Å². The van der Waals surface area contributed by atoms with Gasteiger partial charge in [0.25, 0.3) is 0 Å². The molecule has 1 fully saturated rings. The van der Waals surface area contributed by atoms with Crippen molar-refractivity contribution in [1.82, 2.24) is 19.4 Å². The number of aryl methyl sites for hydroxylation is 2. The van der Waals surface area contributed by atoms with E-state index >= 15 is 0 Å². The number of anilines is 1. The maximum absolute atomic E-state index is 12.7. The van der Waals surface area contributed by atoms with E-state index in [2.05, 4.69) is 15.2 Å². The van der Waals surface area contributed by atoms with Gasteiger partial charge in [-0.1, -0.05) is 0 Å². The molecule has 27 heavy (non-hydrogen) atoms. The molecule has 1 N–H and O–H groups in total. The van der Waals surface area contributed by atoms with Crippen LogP contribution in [-0.4, -0.2) is 64.8 Å². The van der Waals surface area contributed by atoms with E-state index in [4.69, 9.17) is 9.47 Å². The number of amides is 2. The van der Waals surface area contributed by atoms with Gasteiger partial charge in [0.2, 0.25) is 0 Å². The molecule has 1 aromatic carbocycles. The normalized spacial score (nSPS) is 17.0. The van der Waals surface area contributed by atoms with Gasteiger partial charge in [0.1, 0.15) is 19.0 Å². The molecule has 0 spiro atoms. The lowest BCUT2D eigenvalue weighted by Crippen LogP contribution is -2.49. The summed E-state index contributed by atoms with van der Waals surface area (Å²) in [6, 6.07) is 3.68. The highest BCUT2D eigenvalue weighted by molar-refractivity contribution is 5.90. The number of nitrogens with one attached hydrogen (secondary N) is 1. The summed E-state index contributed by atoms with van der Waals surface area (Å²) in [6.45, 7) is 6.90. The van der Waals surface area contributed by atoms with Crippen LogP contribution in [0.5, 0.6) is 11.5 Å². The molecular formula is C19H25N5O3. The summed E-state index contributed by atoms with van der Waals surface area (Å²) in [4.78, 5) is 21.2. The Balaban J connectivity index is 1.34. The zero-order valence-electron chi connectivity index (χ0n) is 15.8. The first-order valence-corrected chi connectivity index (χ1v) is 9.25. The predicted octanol–water partition coefficient (Wildman–Crippen LogP) is 1.85. The minimum atomic E-state index is -0.0774. The molecule has 0 aliphatic carbocycles. The second-order valence-corrected chi connectivity index (χ2v) is 6.96. The van der Waals surface area contributed by atoms with E-state index in [9.17, 15) is 4.79 Å². The van der Waals surface area contributed by atoms with E-state index < -0.39 is 0 Å². The van der Waals surface area contributed by atoms with Crippen molar-refractivity contribution in [1.29, 1.82) is 0 Å². The summed E-state index contributed by atoms with van der Waals surface area (Å²) in [6.07, 6.45) is 3.77. The fourth-order valence-electron chi connectivity index (χ4n) is 3.38. The number of rotatable bonds is 3. The van der Waals surface area contributed by atoms with Crippen molar-refractivity contribution in [2.24, 2.45) is 7.05 Å². The number of carbonyl (C=O) groups is 1. The molecule has 0 unspecified atom stereocenters. The number of carbonyl (C=O) groups excluding carboxylic acids is 1. The summed E-state index contributed by atoms with van der Waals surface area (Å²) >= 11 is 0. The van der Waals surface area contributed by atoms with Crippen LogP contribution in [0.1, 0.15) is 11.4 Å². The number of imidazole rings is 1. The van der Waals surface area contributed by atoms with Gasteiger partial charge in [-0.25, -0.2) is 9.78 Å². The van der Waals surface area contributed by atoms with Crippen molar-refractivity contribution < 1.29 is 14.3 Å². The van der Waals surface area contributed by atoms with Gasteiger partial charge < -0.3 is 24.3 Å². The van der Waals surface area contributed by atoms with Gasteiger partial charge in [-0.2, -0.15) is 0 Å². The van der Waals surface area contributed by atoms with Crippen molar-refractivity contribution in [2.75, 3.05) is 44.7 Å². The standard InChI is InChI=1S/C19H25N5O3/c1-14-11-16-17(27-10-9-26-16)12-15(14)21-19(25)24-7-5-23(6-8-24)13-18-20-3-4-22(18)2/h3-4,11-12H,5-10,13H2,1-2H3,(H,21,25). The Bertz CT molecular complexity index is 827. The lowest BCUT2D eigenvalue weighted by Gasteiger charge is -2.34. The number of fused-ring (bicyclic) bond motifs is 1. The molecule has 2 aliphatic heterocycles. The molecular weight excluding hydrogens is 346 g/mol. The average molecular weight is 371 g/mol. The third-order valence-corrected chi connectivity index (χ3v) is 5.08.